The Labute approximate surface area is 92.1 Å². The van der Waals surface area contributed by atoms with Gasteiger partial charge in [0.05, 0.1) is 12.2 Å². The van der Waals surface area contributed by atoms with Crippen molar-refractivity contribution in [2.45, 2.75) is 39.2 Å². The highest BCUT2D eigenvalue weighted by Gasteiger charge is 2.13. The lowest BCUT2D eigenvalue weighted by molar-refractivity contribution is -0.350. The van der Waals surface area contributed by atoms with Crippen molar-refractivity contribution >= 4 is 0 Å². The van der Waals surface area contributed by atoms with Crippen LogP contribution in [0.25, 0.3) is 0 Å². The summed E-state index contributed by atoms with van der Waals surface area (Å²) in [7, 11) is 0. The van der Waals surface area contributed by atoms with Crippen LogP contribution in [0.4, 0.5) is 0 Å². The Kier molecular flexibility index (Phi) is 4.30. The van der Waals surface area contributed by atoms with Crippen molar-refractivity contribution < 1.29 is 9.78 Å². The van der Waals surface area contributed by atoms with Gasteiger partial charge in [0.2, 0.25) is 0 Å². The number of hydrogen-bond donors (Lipinski definition) is 0. The maximum atomic E-state index is 5.22. The maximum absolute atomic E-state index is 5.22. The largest absolute Gasteiger partial charge is 0.236 e. The van der Waals surface area contributed by atoms with E-state index in [9.17, 15) is 0 Å². The fourth-order valence-electron chi connectivity index (χ4n) is 1.19. The van der Waals surface area contributed by atoms with Gasteiger partial charge in [-0.2, -0.15) is 0 Å². The van der Waals surface area contributed by atoms with E-state index in [2.05, 4.69) is 19.1 Å². The van der Waals surface area contributed by atoms with Crippen LogP contribution in [0.3, 0.4) is 0 Å². The minimum atomic E-state index is -0.240. The van der Waals surface area contributed by atoms with Gasteiger partial charge in [0, 0.05) is 5.92 Å². The van der Waals surface area contributed by atoms with Crippen molar-refractivity contribution in [1.82, 2.24) is 0 Å². The average molecular weight is 208 g/mol. The Morgan fingerprint density at radius 3 is 2.27 bits per heavy atom. The molecule has 0 N–H and O–H groups in total. The normalized spacial score (nSPS) is 13.9. The van der Waals surface area contributed by atoms with Crippen LogP contribution in [-0.4, -0.2) is 12.2 Å². The molecule has 0 fully saturated rings. The summed E-state index contributed by atoms with van der Waals surface area (Å²) in [6.45, 7) is 8.63. The van der Waals surface area contributed by atoms with Crippen molar-refractivity contribution in [2.24, 2.45) is 0 Å². The third-order valence-electron chi connectivity index (χ3n) is 2.00. The second kappa shape index (κ2) is 5.29. The molecule has 1 atom stereocenters. The molecule has 0 bridgehead atoms. The molecular weight excluding hydrogens is 188 g/mol. The van der Waals surface area contributed by atoms with Gasteiger partial charge in [0.1, 0.15) is 0 Å². The molecule has 1 aromatic rings. The molecule has 1 rings (SSSR count). The predicted molar refractivity (Wildman–Crippen MR) is 61.6 cm³/mol. The Bertz CT molecular complexity index is 274. The standard InChI is InChI=1S/C13H20O2/c1-11(10-14-15-13(2,3)4)12-8-6-5-7-9-12/h5-9,11H,10H2,1-4H3. The molecule has 15 heavy (non-hydrogen) atoms. The summed E-state index contributed by atoms with van der Waals surface area (Å²) in [5.74, 6) is 0.355. The second-order valence-corrected chi connectivity index (χ2v) is 4.79. The Balaban J connectivity index is 2.34. The first-order valence-electron chi connectivity index (χ1n) is 5.34. The summed E-state index contributed by atoms with van der Waals surface area (Å²) in [6, 6.07) is 10.3. The summed E-state index contributed by atoms with van der Waals surface area (Å²) < 4.78 is 0. The Morgan fingerprint density at radius 1 is 1.13 bits per heavy atom. The molecule has 0 saturated carbocycles. The molecule has 0 spiro atoms. The second-order valence-electron chi connectivity index (χ2n) is 4.79. The van der Waals surface area contributed by atoms with Gasteiger partial charge in [-0.25, -0.2) is 9.78 Å². The zero-order chi connectivity index (χ0) is 11.3. The minimum absolute atomic E-state index is 0.240. The van der Waals surface area contributed by atoms with E-state index in [1.54, 1.807) is 0 Å². The summed E-state index contributed by atoms with van der Waals surface area (Å²) in [6.07, 6.45) is 0. The molecule has 0 aliphatic rings. The van der Waals surface area contributed by atoms with E-state index in [1.165, 1.54) is 5.56 Å². The van der Waals surface area contributed by atoms with E-state index in [0.717, 1.165) is 0 Å². The van der Waals surface area contributed by atoms with Gasteiger partial charge in [-0.3, -0.25) is 0 Å². The SMILES string of the molecule is CC(COOC(C)(C)C)c1ccccc1. The third-order valence-corrected chi connectivity index (χ3v) is 2.00. The molecular formula is C13H20O2. The summed E-state index contributed by atoms with van der Waals surface area (Å²) in [4.78, 5) is 10.4. The lowest BCUT2D eigenvalue weighted by Gasteiger charge is -2.19. The van der Waals surface area contributed by atoms with E-state index in [4.69, 9.17) is 9.78 Å². The van der Waals surface area contributed by atoms with Crippen molar-refractivity contribution in [3.63, 3.8) is 0 Å². The quantitative estimate of drug-likeness (QED) is 0.556. The smallest absolute Gasteiger partial charge is 0.0952 e. The fourth-order valence-corrected chi connectivity index (χ4v) is 1.19. The number of hydrogen-bond acceptors (Lipinski definition) is 2. The monoisotopic (exact) mass is 208 g/mol. The molecule has 0 aliphatic heterocycles. The van der Waals surface area contributed by atoms with Crippen LogP contribution in [0, 0.1) is 0 Å². The molecule has 2 heteroatoms. The molecule has 1 aromatic carbocycles. The topological polar surface area (TPSA) is 18.5 Å². The van der Waals surface area contributed by atoms with E-state index < -0.39 is 0 Å². The predicted octanol–water partition coefficient (Wildman–Crippen LogP) is 3.54. The van der Waals surface area contributed by atoms with Gasteiger partial charge < -0.3 is 0 Å². The highest BCUT2D eigenvalue weighted by Crippen LogP contribution is 2.16. The van der Waals surface area contributed by atoms with Gasteiger partial charge in [-0.05, 0) is 26.3 Å². The van der Waals surface area contributed by atoms with Crippen molar-refractivity contribution in [2.75, 3.05) is 6.61 Å². The van der Waals surface area contributed by atoms with E-state index in [1.807, 2.05) is 39.0 Å². The molecule has 0 saturated heterocycles. The van der Waals surface area contributed by atoms with Gasteiger partial charge in [-0.1, -0.05) is 37.3 Å². The molecule has 2 nitrogen and oxygen atoms in total. The van der Waals surface area contributed by atoms with Crippen molar-refractivity contribution in [3.05, 3.63) is 35.9 Å². The van der Waals surface area contributed by atoms with Crippen molar-refractivity contribution in [3.8, 4) is 0 Å². The van der Waals surface area contributed by atoms with Gasteiger partial charge >= 0.3 is 0 Å². The lowest BCUT2D eigenvalue weighted by Crippen LogP contribution is -2.20. The molecule has 0 heterocycles. The Hall–Kier alpha value is -0.860. The van der Waals surface area contributed by atoms with E-state index in [0.29, 0.717) is 12.5 Å². The van der Waals surface area contributed by atoms with Crippen LogP contribution in [0.5, 0.6) is 0 Å². The highest BCUT2D eigenvalue weighted by molar-refractivity contribution is 5.18. The maximum Gasteiger partial charge on any atom is 0.0952 e. The van der Waals surface area contributed by atoms with E-state index >= 15 is 0 Å². The molecule has 0 radical (unpaired) electrons. The average Bonchev–Trinajstić information content (AvgIpc) is 2.17. The van der Waals surface area contributed by atoms with Crippen LogP contribution in [0.2, 0.25) is 0 Å². The van der Waals surface area contributed by atoms with Crippen LogP contribution >= 0.6 is 0 Å². The summed E-state index contributed by atoms with van der Waals surface area (Å²) >= 11 is 0. The van der Waals surface area contributed by atoms with Crippen LogP contribution < -0.4 is 0 Å². The Morgan fingerprint density at radius 2 is 1.73 bits per heavy atom. The first kappa shape index (κ1) is 12.2. The third kappa shape index (κ3) is 4.96. The summed E-state index contributed by atoms with van der Waals surface area (Å²) in [5, 5.41) is 0. The highest BCUT2D eigenvalue weighted by atomic mass is 17.2. The molecule has 0 aliphatic carbocycles. The zero-order valence-corrected chi connectivity index (χ0v) is 9.99. The minimum Gasteiger partial charge on any atom is -0.236 e. The van der Waals surface area contributed by atoms with Gasteiger partial charge in [-0.15, -0.1) is 0 Å². The first-order chi connectivity index (χ1) is 6.99. The van der Waals surface area contributed by atoms with Crippen LogP contribution in [0.1, 0.15) is 39.2 Å². The van der Waals surface area contributed by atoms with Crippen molar-refractivity contribution in [1.29, 1.82) is 0 Å². The fraction of sp³-hybridized carbons (Fsp3) is 0.538. The number of benzene rings is 1. The molecule has 1 unspecified atom stereocenters. The van der Waals surface area contributed by atoms with Crippen LogP contribution in [-0.2, 0) is 9.78 Å². The van der Waals surface area contributed by atoms with Gasteiger partial charge in [0.15, 0.2) is 0 Å². The lowest BCUT2D eigenvalue weighted by atomic mass is 10.0. The van der Waals surface area contributed by atoms with Gasteiger partial charge in [0.25, 0.3) is 0 Å². The molecule has 0 aromatic heterocycles. The number of rotatable bonds is 4. The molecule has 84 valence electrons. The van der Waals surface area contributed by atoms with E-state index in [-0.39, 0.29) is 5.60 Å². The summed E-state index contributed by atoms with van der Waals surface area (Å²) in [5.41, 5.74) is 1.03. The molecule has 0 amide bonds. The van der Waals surface area contributed by atoms with Crippen LogP contribution in [0.15, 0.2) is 30.3 Å². The first-order valence-corrected chi connectivity index (χ1v) is 5.34. The zero-order valence-electron chi connectivity index (χ0n) is 9.99.